The molecule has 23 heavy (non-hydrogen) atoms. The molecule has 0 spiro atoms. The fourth-order valence-corrected chi connectivity index (χ4v) is 3.20. The van der Waals surface area contributed by atoms with Crippen molar-refractivity contribution in [1.29, 1.82) is 0 Å². The highest BCUT2D eigenvalue weighted by atomic mass is 19.1. The Hall–Kier alpha value is -2.75. The van der Waals surface area contributed by atoms with E-state index < -0.39 is 0 Å². The number of ketones is 1. The number of carbonyl (C=O) groups is 1. The molecule has 4 rings (SSSR count). The lowest BCUT2D eigenvalue weighted by atomic mass is 9.82. The van der Waals surface area contributed by atoms with Gasteiger partial charge in [0, 0.05) is 6.42 Å². The van der Waals surface area contributed by atoms with E-state index >= 15 is 0 Å². The van der Waals surface area contributed by atoms with E-state index in [0.29, 0.717) is 12.0 Å². The lowest BCUT2D eigenvalue weighted by Crippen LogP contribution is -2.20. The number of hydrogen-bond acceptors (Lipinski definition) is 2. The maximum atomic E-state index is 13.1. The molecule has 1 aliphatic carbocycles. The van der Waals surface area contributed by atoms with Crippen molar-refractivity contribution < 1.29 is 9.18 Å². The molecule has 1 atom stereocenters. The topological polar surface area (TPSA) is 34.9 Å². The minimum Gasteiger partial charge on any atom is -0.294 e. The van der Waals surface area contributed by atoms with Gasteiger partial charge in [0.25, 0.3) is 0 Å². The Labute approximate surface area is 133 Å². The fraction of sp³-hybridized carbons (Fsp3) is 0.158. The van der Waals surface area contributed by atoms with Gasteiger partial charge in [0.1, 0.15) is 5.82 Å². The highest BCUT2D eigenvalue weighted by molar-refractivity contribution is 5.98. The second-order valence-electron chi connectivity index (χ2n) is 5.83. The first-order valence-corrected chi connectivity index (χ1v) is 7.63. The zero-order valence-electron chi connectivity index (χ0n) is 12.4. The summed E-state index contributed by atoms with van der Waals surface area (Å²) in [6.45, 7) is 0. The molecule has 0 saturated heterocycles. The molecule has 1 aliphatic rings. The number of Topliss-reactive ketones (excluding diaryl/α,β-unsaturated/α-hetero) is 1. The molecule has 3 aromatic rings. The van der Waals surface area contributed by atoms with E-state index in [1.807, 2.05) is 35.0 Å². The largest absolute Gasteiger partial charge is 0.294 e. The van der Waals surface area contributed by atoms with Gasteiger partial charge in [0.05, 0.1) is 23.1 Å². The number of halogens is 1. The number of para-hydroxylation sites is 1. The second-order valence-corrected chi connectivity index (χ2v) is 5.83. The van der Waals surface area contributed by atoms with Gasteiger partial charge >= 0.3 is 0 Å². The Bertz CT molecular complexity index is 853. The van der Waals surface area contributed by atoms with Crippen molar-refractivity contribution in [2.45, 2.75) is 18.8 Å². The predicted octanol–water partition coefficient (Wildman–Crippen LogP) is 3.92. The van der Waals surface area contributed by atoms with Crippen molar-refractivity contribution in [3.05, 3.63) is 83.4 Å². The molecule has 0 fully saturated rings. The molecule has 114 valence electrons. The summed E-state index contributed by atoms with van der Waals surface area (Å²) in [5.74, 6) is -0.0941. The molecule has 2 aromatic carbocycles. The summed E-state index contributed by atoms with van der Waals surface area (Å²) in [7, 11) is 0. The zero-order valence-corrected chi connectivity index (χ0v) is 12.4. The minimum atomic E-state index is -0.258. The SMILES string of the molecule is O=C1CC(c2ccc(F)cc2)Cc2c1cnn2-c1ccccc1. The first kappa shape index (κ1) is 13.9. The van der Waals surface area contributed by atoms with Crippen LogP contribution in [0, 0.1) is 5.82 Å². The molecule has 3 nitrogen and oxygen atoms in total. The van der Waals surface area contributed by atoms with Gasteiger partial charge in [-0.25, -0.2) is 9.07 Å². The molecule has 0 radical (unpaired) electrons. The summed E-state index contributed by atoms with van der Waals surface area (Å²) >= 11 is 0. The van der Waals surface area contributed by atoms with Gasteiger partial charge in [0.2, 0.25) is 0 Å². The van der Waals surface area contributed by atoms with Gasteiger partial charge in [-0.1, -0.05) is 30.3 Å². The van der Waals surface area contributed by atoms with Crippen molar-refractivity contribution in [3.8, 4) is 5.69 Å². The number of carbonyl (C=O) groups excluding carboxylic acids is 1. The van der Waals surface area contributed by atoms with E-state index in [2.05, 4.69) is 5.10 Å². The third-order valence-electron chi connectivity index (χ3n) is 4.38. The van der Waals surface area contributed by atoms with Crippen molar-refractivity contribution in [2.24, 2.45) is 0 Å². The number of aromatic nitrogens is 2. The molecular weight excluding hydrogens is 291 g/mol. The van der Waals surface area contributed by atoms with Gasteiger partial charge < -0.3 is 0 Å². The third-order valence-corrected chi connectivity index (χ3v) is 4.38. The first-order valence-electron chi connectivity index (χ1n) is 7.63. The van der Waals surface area contributed by atoms with Crippen molar-refractivity contribution in [2.75, 3.05) is 0 Å². The molecule has 0 bridgehead atoms. The molecule has 0 aliphatic heterocycles. The zero-order chi connectivity index (χ0) is 15.8. The molecular formula is C19H15FN2O. The number of nitrogens with zero attached hydrogens (tertiary/aromatic N) is 2. The second kappa shape index (κ2) is 5.47. The van der Waals surface area contributed by atoms with Crippen LogP contribution in [0.3, 0.4) is 0 Å². The average Bonchev–Trinajstić information content (AvgIpc) is 3.01. The lowest BCUT2D eigenvalue weighted by Gasteiger charge is -2.23. The van der Waals surface area contributed by atoms with Crippen LogP contribution in [0.25, 0.3) is 5.69 Å². The summed E-state index contributed by atoms with van der Waals surface area (Å²) in [5, 5.41) is 4.40. The smallest absolute Gasteiger partial charge is 0.166 e. The summed E-state index contributed by atoms with van der Waals surface area (Å²) in [5.41, 5.74) is 3.57. The van der Waals surface area contributed by atoms with Crippen molar-refractivity contribution in [1.82, 2.24) is 9.78 Å². The van der Waals surface area contributed by atoms with Crippen LogP contribution in [0.2, 0.25) is 0 Å². The fourth-order valence-electron chi connectivity index (χ4n) is 3.20. The highest BCUT2D eigenvalue weighted by Gasteiger charge is 2.30. The van der Waals surface area contributed by atoms with E-state index in [1.165, 1.54) is 12.1 Å². The summed E-state index contributed by atoms with van der Waals surface area (Å²) in [6, 6.07) is 16.2. The Kier molecular flexibility index (Phi) is 3.30. The van der Waals surface area contributed by atoms with Crippen LogP contribution in [0.5, 0.6) is 0 Å². The molecule has 1 aromatic heterocycles. The minimum absolute atomic E-state index is 0.0646. The molecule has 0 amide bonds. The standard InChI is InChI=1S/C19H15FN2O/c20-15-8-6-13(7-9-15)14-10-18-17(19(23)11-14)12-21-22(18)16-4-2-1-3-5-16/h1-9,12,14H,10-11H2. The van der Waals surface area contributed by atoms with Crippen LogP contribution in [-0.4, -0.2) is 15.6 Å². The quantitative estimate of drug-likeness (QED) is 0.719. The Morgan fingerprint density at radius 3 is 2.48 bits per heavy atom. The Morgan fingerprint density at radius 2 is 1.74 bits per heavy atom. The molecule has 0 N–H and O–H groups in total. The van der Waals surface area contributed by atoms with E-state index in [1.54, 1.807) is 18.3 Å². The number of hydrogen-bond donors (Lipinski definition) is 0. The van der Waals surface area contributed by atoms with Gasteiger partial charge in [-0.2, -0.15) is 5.10 Å². The van der Waals surface area contributed by atoms with Gasteiger partial charge in [-0.05, 0) is 42.2 Å². The maximum Gasteiger partial charge on any atom is 0.166 e. The Balaban J connectivity index is 1.74. The van der Waals surface area contributed by atoms with Crippen molar-refractivity contribution in [3.63, 3.8) is 0 Å². The molecule has 4 heteroatoms. The average molecular weight is 306 g/mol. The summed E-state index contributed by atoms with van der Waals surface area (Å²) < 4.78 is 15.0. The molecule has 1 heterocycles. The maximum absolute atomic E-state index is 13.1. The van der Waals surface area contributed by atoms with Crippen LogP contribution >= 0.6 is 0 Å². The normalized spacial score (nSPS) is 17.1. The first-order chi connectivity index (χ1) is 11.2. The monoisotopic (exact) mass is 306 g/mol. The van der Waals surface area contributed by atoms with Crippen molar-refractivity contribution >= 4 is 5.78 Å². The molecule has 1 unspecified atom stereocenters. The van der Waals surface area contributed by atoms with E-state index in [9.17, 15) is 9.18 Å². The highest BCUT2D eigenvalue weighted by Crippen LogP contribution is 2.33. The molecule has 0 saturated carbocycles. The number of fused-ring (bicyclic) bond motifs is 1. The summed E-state index contributed by atoms with van der Waals surface area (Å²) in [6.07, 6.45) is 2.83. The van der Waals surface area contributed by atoms with Crippen LogP contribution < -0.4 is 0 Å². The van der Waals surface area contributed by atoms with E-state index in [-0.39, 0.29) is 17.5 Å². The summed E-state index contributed by atoms with van der Waals surface area (Å²) in [4.78, 5) is 12.5. The van der Waals surface area contributed by atoms with E-state index in [4.69, 9.17) is 0 Å². The lowest BCUT2D eigenvalue weighted by molar-refractivity contribution is 0.0964. The van der Waals surface area contributed by atoms with Crippen LogP contribution in [-0.2, 0) is 6.42 Å². The number of benzene rings is 2. The van der Waals surface area contributed by atoms with Crippen LogP contribution in [0.1, 0.15) is 34.0 Å². The predicted molar refractivity (Wildman–Crippen MR) is 85.4 cm³/mol. The third kappa shape index (κ3) is 2.46. The van der Waals surface area contributed by atoms with Gasteiger partial charge in [0.15, 0.2) is 5.78 Å². The number of rotatable bonds is 2. The van der Waals surface area contributed by atoms with Crippen LogP contribution in [0.4, 0.5) is 4.39 Å². The van der Waals surface area contributed by atoms with E-state index in [0.717, 1.165) is 23.4 Å². The Morgan fingerprint density at radius 1 is 1.00 bits per heavy atom. The van der Waals surface area contributed by atoms with Crippen LogP contribution in [0.15, 0.2) is 60.8 Å². The van der Waals surface area contributed by atoms with Gasteiger partial charge in [-0.15, -0.1) is 0 Å². The van der Waals surface area contributed by atoms with Gasteiger partial charge in [-0.3, -0.25) is 4.79 Å².